The first kappa shape index (κ1) is 14.1. The molecule has 0 fully saturated rings. The summed E-state index contributed by atoms with van der Waals surface area (Å²) in [6.07, 6.45) is 2.00. The van der Waals surface area contributed by atoms with Gasteiger partial charge in [-0.1, -0.05) is 34.1 Å². The monoisotopic (exact) mass is 346 g/mol. The maximum atomic E-state index is 11.4. The van der Waals surface area contributed by atoms with Crippen molar-refractivity contribution in [3.8, 4) is 0 Å². The summed E-state index contributed by atoms with van der Waals surface area (Å²) in [5.41, 5.74) is 3.10. The number of anilines is 2. The smallest absolute Gasteiger partial charge is 0.294 e. The molecule has 0 N–H and O–H groups in total. The minimum atomic E-state index is -0.315. The third kappa shape index (κ3) is 2.53. The van der Waals surface area contributed by atoms with Crippen molar-refractivity contribution in [3.05, 3.63) is 62.6 Å². The first-order valence-corrected chi connectivity index (χ1v) is 7.68. The molecule has 0 amide bonds. The number of halogens is 1. The van der Waals surface area contributed by atoms with Crippen LogP contribution in [-0.2, 0) is 6.42 Å². The summed E-state index contributed by atoms with van der Waals surface area (Å²) in [5.74, 6) is 0. The van der Waals surface area contributed by atoms with Gasteiger partial charge in [0.05, 0.1) is 4.92 Å². The largest absolute Gasteiger partial charge is 0.333 e. The molecule has 1 unspecified atom stereocenters. The van der Waals surface area contributed by atoms with Gasteiger partial charge < -0.3 is 4.90 Å². The molecule has 0 bridgehead atoms. The highest BCUT2D eigenvalue weighted by Crippen LogP contribution is 2.41. The summed E-state index contributed by atoms with van der Waals surface area (Å²) in [4.78, 5) is 13.2. The number of hydrogen-bond donors (Lipinski definition) is 0. The van der Waals surface area contributed by atoms with E-state index in [1.807, 2.05) is 30.3 Å². The van der Waals surface area contributed by atoms with Crippen molar-refractivity contribution in [2.45, 2.75) is 25.8 Å². The zero-order valence-corrected chi connectivity index (χ0v) is 13.2. The molecule has 0 saturated carbocycles. The Morgan fingerprint density at radius 3 is 2.76 bits per heavy atom. The van der Waals surface area contributed by atoms with Crippen LogP contribution >= 0.6 is 15.9 Å². The third-order valence-electron chi connectivity index (χ3n) is 3.92. The van der Waals surface area contributed by atoms with Crippen LogP contribution in [0.2, 0.25) is 0 Å². The van der Waals surface area contributed by atoms with Crippen LogP contribution in [0.4, 0.5) is 17.1 Å². The lowest BCUT2D eigenvalue weighted by Crippen LogP contribution is -2.33. The Morgan fingerprint density at radius 2 is 2.00 bits per heavy atom. The number of nitro groups is 1. The Morgan fingerprint density at radius 1 is 1.24 bits per heavy atom. The van der Waals surface area contributed by atoms with Crippen molar-refractivity contribution in [2.24, 2.45) is 0 Å². The predicted octanol–water partition coefficient (Wildman–Crippen LogP) is 4.83. The van der Waals surface area contributed by atoms with E-state index in [2.05, 4.69) is 33.8 Å². The summed E-state index contributed by atoms with van der Waals surface area (Å²) in [6.45, 7) is 2.11. The van der Waals surface area contributed by atoms with Crippen LogP contribution in [0.1, 0.15) is 18.9 Å². The Hall–Kier alpha value is -1.88. The van der Waals surface area contributed by atoms with E-state index in [0.29, 0.717) is 5.69 Å². The molecule has 0 radical (unpaired) electrons. The van der Waals surface area contributed by atoms with Crippen molar-refractivity contribution in [2.75, 3.05) is 4.90 Å². The number of hydrogen-bond acceptors (Lipinski definition) is 3. The molecule has 0 saturated heterocycles. The molecule has 1 aliphatic heterocycles. The van der Waals surface area contributed by atoms with Crippen LogP contribution < -0.4 is 4.90 Å². The fraction of sp³-hybridized carbons (Fsp3) is 0.250. The highest BCUT2D eigenvalue weighted by molar-refractivity contribution is 9.10. The van der Waals surface area contributed by atoms with E-state index < -0.39 is 0 Å². The molecular weight excluding hydrogens is 332 g/mol. The average Bonchev–Trinajstić information content (AvgIpc) is 2.47. The number of nitro benzene ring substituents is 1. The minimum Gasteiger partial charge on any atom is -0.333 e. The Bertz CT molecular complexity index is 702. The number of rotatable bonds is 2. The Balaban J connectivity index is 2.18. The van der Waals surface area contributed by atoms with Gasteiger partial charge in [0.15, 0.2) is 0 Å². The van der Waals surface area contributed by atoms with Gasteiger partial charge >= 0.3 is 0 Å². The predicted molar refractivity (Wildman–Crippen MR) is 87.2 cm³/mol. The van der Waals surface area contributed by atoms with E-state index in [1.165, 1.54) is 5.56 Å². The van der Waals surface area contributed by atoms with Gasteiger partial charge in [0.2, 0.25) is 0 Å². The third-order valence-corrected chi connectivity index (χ3v) is 4.41. The minimum absolute atomic E-state index is 0.132. The normalized spacial score (nSPS) is 17.4. The summed E-state index contributed by atoms with van der Waals surface area (Å²) in [7, 11) is 0. The molecule has 5 heteroatoms. The zero-order chi connectivity index (χ0) is 15.0. The zero-order valence-electron chi connectivity index (χ0n) is 11.6. The van der Waals surface area contributed by atoms with Crippen LogP contribution in [0.3, 0.4) is 0 Å². The van der Waals surface area contributed by atoms with Crippen LogP contribution in [0.5, 0.6) is 0 Å². The fourth-order valence-electron chi connectivity index (χ4n) is 2.90. The highest BCUT2D eigenvalue weighted by Gasteiger charge is 2.29. The van der Waals surface area contributed by atoms with Crippen molar-refractivity contribution in [1.82, 2.24) is 0 Å². The lowest BCUT2D eigenvalue weighted by atomic mass is 9.95. The lowest BCUT2D eigenvalue weighted by Gasteiger charge is -2.36. The van der Waals surface area contributed by atoms with Crippen LogP contribution in [0, 0.1) is 10.1 Å². The van der Waals surface area contributed by atoms with Crippen molar-refractivity contribution in [3.63, 3.8) is 0 Å². The molecule has 2 aromatic carbocycles. The van der Waals surface area contributed by atoms with E-state index in [1.54, 1.807) is 6.07 Å². The van der Waals surface area contributed by atoms with Gasteiger partial charge in [0, 0.05) is 22.3 Å². The van der Waals surface area contributed by atoms with E-state index in [-0.39, 0.29) is 16.7 Å². The molecular formula is C16H15BrN2O2. The fourth-order valence-corrected chi connectivity index (χ4v) is 3.25. The number of benzene rings is 2. The second kappa shape index (κ2) is 5.48. The van der Waals surface area contributed by atoms with Gasteiger partial charge in [0.25, 0.3) is 5.69 Å². The standard InChI is InChI=1S/C16H15BrN2O2/c1-11-6-7-12-4-2-3-5-14(12)18(11)15-9-8-13(17)10-16(15)19(20)21/h2-5,8-11H,6-7H2,1H3. The number of fused-ring (bicyclic) bond motifs is 1. The maximum Gasteiger partial charge on any atom is 0.294 e. The SMILES string of the molecule is CC1CCc2ccccc2N1c1ccc(Br)cc1[N+](=O)[O-]. The number of aryl methyl sites for hydroxylation is 1. The van der Waals surface area contributed by atoms with Crippen LogP contribution in [0.15, 0.2) is 46.9 Å². The average molecular weight is 347 g/mol. The van der Waals surface area contributed by atoms with Crippen molar-refractivity contribution < 1.29 is 4.92 Å². The quantitative estimate of drug-likeness (QED) is 0.577. The molecule has 0 aromatic heterocycles. The van der Waals surface area contributed by atoms with Crippen molar-refractivity contribution in [1.29, 1.82) is 0 Å². The Kier molecular flexibility index (Phi) is 3.68. The first-order valence-electron chi connectivity index (χ1n) is 6.89. The number of para-hydroxylation sites is 1. The van der Waals surface area contributed by atoms with Crippen molar-refractivity contribution >= 4 is 33.0 Å². The van der Waals surface area contributed by atoms with Gasteiger partial charge in [-0.2, -0.15) is 0 Å². The second-order valence-electron chi connectivity index (χ2n) is 5.28. The molecule has 0 aliphatic carbocycles. The first-order chi connectivity index (χ1) is 10.1. The molecule has 2 aromatic rings. The molecule has 0 spiro atoms. The number of nitrogens with zero attached hydrogens (tertiary/aromatic N) is 2. The topological polar surface area (TPSA) is 46.4 Å². The molecule has 1 heterocycles. The molecule has 1 atom stereocenters. The summed E-state index contributed by atoms with van der Waals surface area (Å²) < 4.78 is 0.718. The summed E-state index contributed by atoms with van der Waals surface area (Å²) in [5, 5.41) is 11.4. The van der Waals surface area contributed by atoms with Gasteiger partial charge in [-0.15, -0.1) is 0 Å². The second-order valence-corrected chi connectivity index (χ2v) is 6.19. The highest BCUT2D eigenvalue weighted by atomic mass is 79.9. The maximum absolute atomic E-state index is 11.4. The lowest BCUT2D eigenvalue weighted by molar-refractivity contribution is -0.384. The van der Waals surface area contributed by atoms with Gasteiger partial charge in [-0.25, -0.2) is 0 Å². The van der Waals surface area contributed by atoms with Gasteiger partial charge in [0.1, 0.15) is 5.69 Å². The molecule has 1 aliphatic rings. The van der Waals surface area contributed by atoms with E-state index in [0.717, 1.165) is 23.0 Å². The van der Waals surface area contributed by atoms with Gasteiger partial charge in [-0.3, -0.25) is 10.1 Å². The molecule has 21 heavy (non-hydrogen) atoms. The Labute approximate surface area is 131 Å². The summed E-state index contributed by atoms with van der Waals surface area (Å²) >= 11 is 3.31. The molecule has 108 valence electrons. The van der Waals surface area contributed by atoms with Crippen LogP contribution in [0.25, 0.3) is 0 Å². The summed E-state index contributed by atoms with van der Waals surface area (Å²) in [6, 6.07) is 13.6. The van der Waals surface area contributed by atoms with Gasteiger partial charge in [-0.05, 0) is 43.5 Å². The van der Waals surface area contributed by atoms with E-state index in [4.69, 9.17) is 0 Å². The van der Waals surface area contributed by atoms with Crippen LogP contribution in [-0.4, -0.2) is 11.0 Å². The van der Waals surface area contributed by atoms with E-state index >= 15 is 0 Å². The van der Waals surface area contributed by atoms with E-state index in [9.17, 15) is 10.1 Å². The molecule has 4 nitrogen and oxygen atoms in total. The molecule has 3 rings (SSSR count).